The number of anilines is 3. The summed E-state index contributed by atoms with van der Waals surface area (Å²) in [5, 5.41) is 3.45. The van der Waals surface area contributed by atoms with Gasteiger partial charge in [0, 0.05) is 27.8 Å². The third kappa shape index (κ3) is 5.21. The zero-order valence-electron chi connectivity index (χ0n) is 38.6. The standard InChI is InChI=1S/C50H33NO/c1-2-11-41(12-3-1)51(43-29-23-38(24-30-43)45-15-8-10-37-9-4-5-13-44(37)45)42-27-21-35(22-28-42)34-17-19-36(20-18-34)39-25-31-46-40(33-39)26-32-49-50(46)47-14-6-7-16-48(47)52-49/h1-33H/i1D,2D,3D,6D,7D,11D,12D,14D,26D,31D,32D. The largest absolute Gasteiger partial charge is 0.456 e. The molecule has 9 aromatic carbocycles. The van der Waals surface area contributed by atoms with E-state index in [2.05, 4.69) is 24.3 Å². The van der Waals surface area contributed by atoms with E-state index in [0.29, 0.717) is 33.1 Å². The Kier molecular flexibility index (Phi) is 4.96. The van der Waals surface area contributed by atoms with Crippen molar-refractivity contribution in [1.29, 1.82) is 0 Å². The van der Waals surface area contributed by atoms with Crippen molar-refractivity contribution in [1.82, 2.24) is 0 Å². The predicted molar refractivity (Wildman–Crippen MR) is 220 cm³/mol. The normalized spacial score (nSPS) is 14.4. The zero-order valence-corrected chi connectivity index (χ0v) is 27.6. The molecule has 0 bridgehead atoms. The second-order valence-corrected chi connectivity index (χ2v) is 12.5. The van der Waals surface area contributed by atoms with E-state index in [0.717, 1.165) is 38.6 Å². The first kappa shape index (κ1) is 20.7. The molecule has 2 heteroatoms. The van der Waals surface area contributed by atoms with E-state index in [9.17, 15) is 0 Å². The van der Waals surface area contributed by atoms with Crippen LogP contribution in [0.15, 0.2) is 204 Å². The van der Waals surface area contributed by atoms with E-state index in [1.807, 2.05) is 91.0 Å². The first-order valence-corrected chi connectivity index (χ1v) is 16.8. The minimum absolute atomic E-state index is 0.0264. The average Bonchev–Trinajstić information content (AvgIpc) is 3.69. The van der Waals surface area contributed by atoms with Gasteiger partial charge in [0.05, 0.1) is 15.1 Å². The second kappa shape index (κ2) is 12.5. The molecule has 0 aliphatic heterocycles. The highest BCUT2D eigenvalue weighted by Crippen LogP contribution is 2.39. The number of hydrogen-bond donors (Lipinski definition) is 0. The molecule has 0 amide bonds. The van der Waals surface area contributed by atoms with Gasteiger partial charge in [-0.3, -0.25) is 0 Å². The van der Waals surface area contributed by atoms with Crippen molar-refractivity contribution in [3.63, 3.8) is 0 Å². The van der Waals surface area contributed by atoms with Gasteiger partial charge >= 0.3 is 0 Å². The first-order chi connectivity index (χ1) is 30.3. The number of nitrogens with zero attached hydrogens (tertiary/aromatic N) is 1. The minimum Gasteiger partial charge on any atom is -0.456 e. The van der Waals surface area contributed by atoms with Crippen LogP contribution in [0, 0.1) is 0 Å². The zero-order chi connectivity index (χ0) is 44.0. The Morgan fingerprint density at radius 1 is 0.385 bits per heavy atom. The van der Waals surface area contributed by atoms with Crippen molar-refractivity contribution in [2.24, 2.45) is 0 Å². The third-order valence-electron chi connectivity index (χ3n) is 9.51. The molecule has 0 saturated heterocycles. The lowest BCUT2D eigenvalue weighted by molar-refractivity contribution is 0.669. The van der Waals surface area contributed by atoms with Gasteiger partial charge in [0.1, 0.15) is 11.2 Å². The Morgan fingerprint density at radius 2 is 1.04 bits per heavy atom. The number of rotatable bonds is 6. The van der Waals surface area contributed by atoms with Crippen molar-refractivity contribution in [2.45, 2.75) is 0 Å². The quantitative estimate of drug-likeness (QED) is 0.175. The molecule has 10 rings (SSSR count). The molecular formula is C50H33NO. The Bertz CT molecular complexity index is 3480. The maximum absolute atomic E-state index is 9.09. The smallest absolute Gasteiger partial charge is 0.136 e. The Hall–Kier alpha value is -6.90. The van der Waals surface area contributed by atoms with E-state index < -0.39 is 18.1 Å². The fourth-order valence-corrected chi connectivity index (χ4v) is 6.98. The minimum atomic E-state index is -0.471. The summed E-state index contributed by atoms with van der Waals surface area (Å²) in [7, 11) is 0. The van der Waals surface area contributed by atoms with Crippen molar-refractivity contribution in [2.75, 3.05) is 4.90 Å². The van der Waals surface area contributed by atoms with E-state index in [1.54, 1.807) is 17.0 Å². The fourth-order valence-electron chi connectivity index (χ4n) is 6.98. The van der Waals surface area contributed by atoms with Crippen LogP contribution in [0.1, 0.15) is 15.1 Å². The van der Waals surface area contributed by atoms with Crippen molar-refractivity contribution in [3.8, 4) is 33.4 Å². The summed E-state index contributed by atoms with van der Waals surface area (Å²) in [5.74, 6) is 0. The maximum Gasteiger partial charge on any atom is 0.136 e. The third-order valence-corrected chi connectivity index (χ3v) is 9.51. The van der Waals surface area contributed by atoms with Crippen LogP contribution in [-0.4, -0.2) is 0 Å². The molecule has 244 valence electrons. The maximum atomic E-state index is 9.09. The van der Waals surface area contributed by atoms with E-state index >= 15 is 0 Å². The lowest BCUT2D eigenvalue weighted by Crippen LogP contribution is -2.09. The Morgan fingerprint density at radius 3 is 1.81 bits per heavy atom. The highest BCUT2D eigenvalue weighted by molar-refractivity contribution is 6.19. The molecule has 0 aliphatic rings. The molecule has 0 saturated carbocycles. The molecule has 0 fully saturated rings. The molecule has 0 unspecified atom stereocenters. The summed E-state index contributed by atoms with van der Waals surface area (Å²) in [4.78, 5) is 1.68. The predicted octanol–water partition coefficient (Wildman–Crippen LogP) is 14.4. The molecule has 10 aromatic rings. The van der Waals surface area contributed by atoms with Crippen LogP contribution < -0.4 is 4.90 Å². The van der Waals surface area contributed by atoms with Crippen LogP contribution in [0.4, 0.5) is 17.1 Å². The summed E-state index contributed by atoms with van der Waals surface area (Å²) in [5.41, 5.74) is 6.59. The topological polar surface area (TPSA) is 16.4 Å². The van der Waals surface area contributed by atoms with E-state index in [-0.39, 0.29) is 70.6 Å². The molecule has 1 heterocycles. The van der Waals surface area contributed by atoms with Crippen LogP contribution in [0.2, 0.25) is 0 Å². The fraction of sp³-hybridized carbons (Fsp3) is 0. The van der Waals surface area contributed by atoms with Crippen molar-refractivity contribution >= 4 is 60.5 Å². The summed E-state index contributed by atoms with van der Waals surface area (Å²) in [6, 6.07) is 39.0. The Labute approximate surface area is 317 Å². The number of hydrogen-bond acceptors (Lipinski definition) is 2. The van der Waals surface area contributed by atoms with Gasteiger partial charge in [-0.25, -0.2) is 0 Å². The molecule has 0 N–H and O–H groups in total. The lowest BCUT2D eigenvalue weighted by atomic mass is 9.96. The molecule has 2 nitrogen and oxygen atoms in total. The number of furan rings is 1. The van der Waals surface area contributed by atoms with Gasteiger partial charge in [-0.2, -0.15) is 0 Å². The van der Waals surface area contributed by atoms with Gasteiger partial charge < -0.3 is 9.32 Å². The van der Waals surface area contributed by atoms with E-state index in [4.69, 9.17) is 19.5 Å². The molecule has 0 spiro atoms. The number of fused-ring (bicyclic) bond motifs is 6. The van der Waals surface area contributed by atoms with Crippen LogP contribution in [-0.2, 0) is 0 Å². The summed E-state index contributed by atoms with van der Waals surface area (Å²) < 4.78 is 100. The van der Waals surface area contributed by atoms with Crippen LogP contribution >= 0.6 is 0 Å². The van der Waals surface area contributed by atoms with Crippen LogP contribution in [0.25, 0.3) is 76.9 Å². The van der Waals surface area contributed by atoms with Gasteiger partial charge in [0.2, 0.25) is 0 Å². The van der Waals surface area contributed by atoms with Gasteiger partial charge in [0.25, 0.3) is 0 Å². The van der Waals surface area contributed by atoms with Crippen molar-refractivity contribution in [3.05, 3.63) is 200 Å². The lowest BCUT2D eigenvalue weighted by Gasteiger charge is -2.26. The van der Waals surface area contributed by atoms with E-state index in [1.165, 1.54) is 6.07 Å². The van der Waals surface area contributed by atoms with Gasteiger partial charge in [-0.05, 0) is 109 Å². The highest BCUT2D eigenvalue weighted by Gasteiger charge is 2.14. The highest BCUT2D eigenvalue weighted by atomic mass is 16.3. The first-order valence-electron chi connectivity index (χ1n) is 22.3. The van der Waals surface area contributed by atoms with Gasteiger partial charge in [-0.1, -0.05) is 145 Å². The monoisotopic (exact) mass is 674 g/mol. The molecule has 0 atom stereocenters. The molecule has 0 radical (unpaired) electrons. The molecule has 0 aliphatic carbocycles. The number of benzene rings is 9. The molecular weight excluding hydrogens is 631 g/mol. The average molecular weight is 675 g/mol. The SMILES string of the molecule is [2H]c1cc2oc3c([2H])c([2H])c4cc(-c5ccc(-c6ccc(N(c7ccc(-c8cccc9ccccc89)cc7)c7c([2H])c([2H])c([2H])c([2H])c7[2H])cc6)cc5)cc([2H])c4c3c2c([2H])c1[2H]. The summed E-state index contributed by atoms with van der Waals surface area (Å²) >= 11 is 0. The summed E-state index contributed by atoms with van der Waals surface area (Å²) in [6.45, 7) is 0. The Balaban J connectivity index is 1.02. The van der Waals surface area contributed by atoms with Gasteiger partial charge in [-0.15, -0.1) is 0 Å². The van der Waals surface area contributed by atoms with Crippen molar-refractivity contribution < 1.29 is 19.5 Å². The number of para-hydroxylation sites is 2. The van der Waals surface area contributed by atoms with Crippen LogP contribution in [0.5, 0.6) is 0 Å². The van der Waals surface area contributed by atoms with Crippen LogP contribution in [0.3, 0.4) is 0 Å². The summed E-state index contributed by atoms with van der Waals surface area (Å²) in [6.07, 6.45) is 0. The molecule has 52 heavy (non-hydrogen) atoms. The molecule has 1 aromatic heterocycles. The van der Waals surface area contributed by atoms with Gasteiger partial charge in [0.15, 0.2) is 0 Å². The second-order valence-electron chi connectivity index (χ2n) is 12.5.